The summed E-state index contributed by atoms with van der Waals surface area (Å²) in [4.78, 5) is 17.7. The van der Waals surface area contributed by atoms with E-state index in [9.17, 15) is 4.79 Å². The lowest BCUT2D eigenvalue weighted by Gasteiger charge is -2.33. The van der Waals surface area contributed by atoms with Crippen LogP contribution in [0.1, 0.15) is 12.0 Å². The molecule has 2 heterocycles. The lowest BCUT2D eigenvalue weighted by molar-refractivity contribution is -0.144. The van der Waals surface area contributed by atoms with Crippen LogP contribution >= 0.6 is 0 Å². The van der Waals surface area contributed by atoms with Crippen LogP contribution in [0.2, 0.25) is 0 Å². The van der Waals surface area contributed by atoms with Crippen molar-refractivity contribution in [2.75, 3.05) is 37.4 Å². The quantitative estimate of drug-likeness (QED) is 0.812. The van der Waals surface area contributed by atoms with Crippen molar-refractivity contribution in [1.82, 2.24) is 4.98 Å². The van der Waals surface area contributed by atoms with Gasteiger partial charge in [0.25, 0.3) is 0 Å². The van der Waals surface area contributed by atoms with Gasteiger partial charge in [-0.2, -0.15) is 0 Å². The second-order valence-corrected chi connectivity index (χ2v) is 4.64. The molecule has 1 aromatic rings. The van der Waals surface area contributed by atoms with Gasteiger partial charge in [0.15, 0.2) is 5.82 Å². The molecule has 6 nitrogen and oxygen atoms in total. The van der Waals surface area contributed by atoms with E-state index in [0.717, 1.165) is 17.9 Å². The zero-order valence-electron chi connectivity index (χ0n) is 11.3. The molecule has 1 aliphatic heterocycles. The number of aromatic nitrogens is 1. The Morgan fingerprint density at radius 1 is 1.68 bits per heavy atom. The van der Waals surface area contributed by atoms with Crippen molar-refractivity contribution in [1.29, 1.82) is 0 Å². The van der Waals surface area contributed by atoms with Crippen LogP contribution in [0.25, 0.3) is 0 Å². The molecule has 0 saturated carbocycles. The second kappa shape index (κ2) is 5.88. The lowest BCUT2D eigenvalue weighted by atomic mass is 10.2. The molecule has 19 heavy (non-hydrogen) atoms. The van der Waals surface area contributed by atoms with Crippen LogP contribution in [0.15, 0.2) is 12.3 Å². The number of rotatable bonds is 3. The fraction of sp³-hybridized carbons (Fsp3) is 0.538. The van der Waals surface area contributed by atoms with Crippen molar-refractivity contribution >= 4 is 17.5 Å². The molecule has 1 aromatic heterocycles. The van der Waals surface area contributed by atoms with Gasteiger partial charge >= 0.3 is 5.97 Å². The summed E-state index contributed by atoms with van der Waals surface area (Å²) >= 11 is 0. The molecule has 6 heteroatoms. The first-order chi connectivity index (χ1) is 9.10. The fourth-order valence-corrected chi connectivity index (χ4v) is 2.15. The van der Waals surface area contributed by atoms with E-state index >= 15 is 0 Å². The first-order valence-electron chi connectivity index (χ1n) is 6.25. The summed E-state index contributed by atoms with van der Waals surface area (Å²) in [5.41, 5.74) is 7.67. The fourth-order valence-electron chi connectivity index (χ4n) is 2.15. The van der Waals surface area contributed by atoms with E-state index in [-0.39, 0.29) is 18.5 Å². The number of nitrogens with two attached hydrogens (primary N) is 1. The Labute approximate surface area is 112 Å². The first-order valence-corrected chi connectivity index (χ1v) is 6.25. The number of nitrogen functional groups attached to an aromatic ring is 1. The van der Waals surface area contributed by atoms with Gasteiger partial charge in [-0.05, 0) is 18.6 Å². The maximum Gasteiger partial charge on any atom is 0.308 e. The van der Waals surface area contributed by atoms with E-state index in [1.807, 2.05) is 17.9 Å². The molecule has 1 atom stereocenters. The summed E-state index contributed by atoms with van der Waals surface area (Å²) in [5, 5.41) is 0. The van der Waals surface area contributed by atoms with Crippen molar-refractivity contribution in [2.45, 2.75) is 19.4 Å². The molecule has 2 rings (SSSR count). The van der Waals surface area contributed by atoms with Crippen molar-refractivity contribution in [2.24, 2.45) is 0 Å². The normalized spacial score (nSPS) is 19.3. The van der Waals surface area contributed by atoms with E-state index in [2.05, 4.69) is 9.72 Å². The molecular weight excluding hydrogens is 246 g/mol. The summed E-state index contributed by atoms with van der Waals surface area (Å²) < 4.78 is 10.2. The SMILES string of the molecule is COC(=O)CC1CN(c2ncc(C)cc2N)CCO1. The minimum absolute atomic E-state index is 0.177. The van der Waals surface area contributed by atoms with Crippen molar-refractivity contribution in [3.63, 3.8) is 0 Å². The molecule has 0 spiro atoms. The highest BCUT2D eigenvalue weighted by Crippen LogP contribution is 2.23. The Kier molecular flexibility index (Phi) is 4.21. The van der Waals surface area contributed by atoms with Crippen LogP contribution in [-0.2, 0) is 14.3 Å². The number of carbonyl (C=O) groups excluding carboxylic acids is 1. The number of carbonyl (C=O) groups is 1. The van der Waals surface area contributed by atoms with Crippen LogP contribution in [0, 0.1) is 6.92 Å². The van der Waals surface area contributed by atoms with E-state index in [4.69, 9.17) is 10.5 Å². The average molecular weight is 265 g/mol. The maximum atomic E-state index is 11.3. The molecule has 0 aromatic carbocycles. The van der Waals surface area contributed by atoms with E-state index < -0.39 is 0 Å². The maximum absolute atomic E-state index is 11.3. The van der Waals surface area contributed by atoms with Crippen LogP contribution in [0.4, 0.5) is 11.5 Å². The minimum atomic E-state index is -0.267. The van der Waals surface area contributed by atoms with E-state index in [1.54, 1.807) is 6.20 Å². The predicted octanol–water partition coefficient (Wildman–Crippen LogP) is 0.741. The Balaban J connectivity index is 2.06. The zero-order chi connectivity index (χ0) is 13.8. The number of hydrogen-bond acceptors (Lipinski definition) is 6. The van der Waals surface area contributed by atoms with Gasteiger partial charge in [0.05, 0.1) is 31.9 Å². The number of hydrogen-bond donors (Lipinski definition) is 1. The molecule has 2 N–H and O–H groups in total. The Morgan fingerprint density at radius 3 is 3.16 bits per heavy atom. The molecule has 104 valence electrons. The topological polar surface area (TPSA) is 77.7 Å². The van der Waals surface area contributed by atoms with Gasteiger partial charge in [-0.15, -0.1) is 0 Å². The molecule has 0 aliphatic carbocycles. The highest BCUT2D eigenvalue weighted by Gasteiger charge is 2.25. The monoisotopic (exact) mass is 265 g/mol. The number of aryl methyl sites for hydroxylation is 1. The molecule has 1 unspecified atom stereocenters. The van der Waals surface area contributed by atoms with Gasteiger partial charge in [0.1, 0.15) is 0 Å². The average Bonchev–Trinajstić information content (AvgIpc) is 2.39. The Bertz CT molecular complexity index is 464. The Hall–Kier alpha value is -1.82. The largest absolute Gasteiger partial charge is 0.469 e. The standard InChI is InChI=1S/C13H19N3O3/c1-9-5-11(14)13(15-7-9)16-3-4-19-10(8-16)6-12(17)18-2/h5,7,10H,3-4,6,8,14H2,1-2H3. The Morgan fingerprint density at radius 2 is 2.47 bits per heavy atom. The summed E-state index contributed by atoms with van der Waals surface area (Å²) in [5.74, 6) is 0.487. The van der Waals surface area contributed by atoms with E-state index in [1.165, 1.54) is 7.11 Å². The molecule has 1 aliphatic rings. The van der Waals surface area contributed by atoms with Crippen LogP contribution in [0.5, 0.6) is 0 Å². The van der Waals surface area contributed by atoms with Gasteiger partial charge in [0, 0.05) is 19.3 Å². The zero-order valence-corrected chi connectivity index (χ0v) is 11.3. The summed E-state index contributed by atoms with van der Waals surface area (Å²) in [6.07, 6.45) is 1.86. The van der Waals surface area contributed by atoms with Crippen LogP contribution in [0.3, 0.4) is 0 Å². The van der Waals surface area contributed by atoms with Gasteiger partial charge in [-0.25, -0.2) is 4.98 Å². The molecule has 0 bridgehead atoms. The number of nitrogens with zero attached hydrogens (tertiary/aromatic N) is 2. The summed E-state index contributed by atoms with van der Waals surface area (Å²) in [6, 6.07) is 1.90. The highest BCUT2D eigenvalue weighted by atomic mass is 16.5. The second-order valence-electron chi connectivity index (χ2n) is 4.64. The molecular formula is C13H19N3O3. The van der Waals surface area contributed by atoms with Crippen molar-refractivity contribution in [3.05, 3.63) is 17.8 Å². The van der Waals surface area contributed by atoms with Gasteiger partial charge in [0.2, 0.25) is 0 Å². The third-order valence-electron chi connectivity index (χ3n) is 3.09. The lowest BCUT2D eigenvalue weighted by Crippen LogP contribution is -2.44. The number of esters is 1. The third kappa shape index (κ3) is 3.35. The minimum Gasteiger partial charge on any atom is -0.469 e. The number of anilines is 2. The van der Waals surface area contributed by atoms with Gasteiger partial charge in [-0.3, -0.25) is 4.79 Å². The number of pyridine rings is 1. The van der Waals surface area contributed by atoms with Gasteiger partial charge < -0.3 is 20.1 Å². The predicted molar refractivity (Wildman–Crippen MR) is 72.0 cm³/mol. The van der Waals surface area contributed by atoms with Crippen molar-refractivity contribution < 1.29 is 14.3 Å². The summed E-state index contributed by atoms with van der Waals surface area (Å²) in [6.45, 7) is 3.82. The van der Waals surface area contributed by atoms with Crippen molar-refractivity contribution in [3.8, 4) is 0 Å². The molecule has 1 saturated heterocycles. The number of morpholine rings is 1. The van der Waals surface area contributed by atoms with E-state index in [0.29, 0.717) is 18.8 Å². The smallest absolute Gasteiger partial charge is 0.308 e. The molecule has 0 radical (unpaired) electrons. The highest BCUT2D eigenvalue weighted by molar-refractivity contribution is 5.70. The molecule has 1 fully saturated rings. The third-order valence-corrected chi connectivity index (χ3v) is 3.09. The van der Waals surface area contributed by atoms with Crippen LogP contribution in [-0.4, -0.2) is 43.9 Å². The van der Waals surface area contributed by atoms with Gasteiger partial charge in [-0.1, -0.05) is 0 Å². The number of methoxy groups -OCH3 is 1. The first kappa shape index (κ1) is 13.6. The number of ether oxygens (including phenoxy) is 2. The van der Waals surface area contributed by atoms with Crippen LogP contribution < -0.4 is 10.6 Å². The summed E-state index contributed by atoms with van der Waals surface area (Å²) in [7, 11) is 1.38. The molecule has 0 amide bonds.